The van der Waals surface area contributed by atoms with Gasteiger partial charge in [0.15, 0.2) is 0 Å². The van der Waals surface area contributed by atoms with E-state index >= 15 is 0 Å². The van der Waals surface area contributed by atoms with E-state index in [9.17, 15) is 0 Å². The molecule has 2 atom stereocenters. The lowest BCUT2D eigenvalue weighted by Crippen LogP contribution is -2.55. The molecule has 0 amide bonds. The zero-order chi connectivity index (χ0) is 10.7. The minimum Gasteiger partial charge on any atom is -0.314 e. The molecule has 0 aromatic carbocycles. The smallest absolute Gasteiger partial charge is 0.0219 e. The van der Waals surface area contributed by atoms with Crippen molar-refractivity contribution in [1.29, 1.82) is 0 Å². The van der Waals surface area contributed by atoms with Crippen molar-refractivity contribution in [3.8, 4) is 0 Å². The van der Waals surface area contributed by atoms with Crippen LogP contribution in [0.25, 0.3) is 0 Å². The normalized spacial score (nSPS) is 37.4. The molecule has 2 heterocycles. The molecule has 0 saturated carbocycles. The fraction of sp³-hybridized carbons (Fsp3) is 1.00. The SMILES string of the molecule is CC(C)C1(CC2CCCN2)CCCCN1. The zero-order valence-electron chi connectivity index (χ0n) is 10.3. The van der Waals surface area contributed by atoms with Gasteiger partial charge in [-0.3, -0.25) is 0 Å². The van der Waals surface area contributed by atoms with Gasteiger partial charge < -0.3 is 10.6 Å². The van der Waals surface area contributed by atoms with Gasteiger partial charge in [0.2, 0.25) is 0 Å². The Morgan fingerprint density at radius 3 is 2.60 bits per heavy atom. The second-order valence-corrected chi connectivity index (χ2v) is 5.69. The van der Waals surface area contributed by atoms with Crippen molar-refractivity contribution in [1.82, 2.24) is 10.6 Å². The molecule has 0 aromatic heterocycles. The molecule has 2 aliphatic rings. The second kappa shape index (κ2) is 4.84. The molecule has 2 fully saturated rings. The van der Waals surface area contributed by atoms with Gasteiger partial charge in [-0.15, -0.1) is 0 Å². The molecule has 2 saturated heterocycles. The fourth-order valence-electron chi connectivity index (χ4n) is 3.26. The van der Waals surface area contributed by atoms with E-state index < -0.39 is 0 Å². The largest absolute Gasteiger partial charge is 0.314 e. The van der Waals surface area contributed by atoms with E-state index in [2.05, 4.69) is 24.5 Å². The Morgan fingerprint density at radius 2 is 2.07 bits per heavy atom. The Morgan fingerprint density at radius 1 is 1.20 bits per heavy atom. The third-order valence-corrected chi connectivity index (χ3v) is 4.40. The Hall–Kier alpha value is -0.0800. The van der Waals surface area contributed by atoms with Crippen molar-refractivity contribution >= 4 is 0 Å². The average Bonchev–Trinajstić information content (AvgIpc) is 2.71. The van der Waals surface area contributed by atoms with Gasteiger partial charge in [0.1, 0.15) is 0 Å². The highest BCUT2D eigenvalue weighted by atomic mass is 15.0. The highest BCUT2D eigenvalue weighted by molar-refractivity contribution is 4.97. The second-order valence-electron chi connectivity index (χ2n) is 5.69. The standard InChI is InChI=1S/C13H26N2/c1-11(2)13(7-3-4-9-15-13)10-12-6-5-8-14-12/h11-12,14-15H,3-10H2,1-2H3. The van der Waals surface area contributed by atoms with Crippen LogP contribution in [0.3, 0.4) is 0 Å². The maximum absolute atomic E-state index is 3.82. The Kier molecular flexibility index (Phi) is 3.68. The van der Waals surface area contributed by atoms with Crippen molar-refractivity contribution in [3.05, 3.63) is 0 Å². The van der Waals surface area contributed by atoms with E-state index in [1.807, 2.05) is 0 Å². The molecule has 0 aliphatic carbocycles. The first-order valence-electron chi connectivity index (χ1n) is 6.71. The first-order chi connectivity index (χ1) is 7.23. The van der Waals surface area contributed by atoms with Crippen LogP contribution in [0.5, 0.6) is 0 Å². The molecule has 0 bridgehead atoms. The molecule has 2 nitrogen and oxygen atoms in total. The summed E-state index contributed by atoms with van der Waals surface area (Å²) in [5.74, 6) is 0.764. The number of nitrogens with one attached hydrogen (secondary N) is 2. The Bertz CT molecular complexity index is 189. The summed E-state index contributed by atoms with van der Waals surface area (Å²) >= 11 is 0. The van der Waals surface area contributed by atoms with Crippen LogP contribution in [0, 0.1) is 5.92 Å². The molecule has 2 heteroatoms. The molecular formula is C13H26N2. The maximum Gasteiger partial charge on any atom is 0.0219 e. The molecular weight excluding hydrogens is 184 g/mol. The molecule has 15 heavy (non-hydrogen) atoms. The summed E-state index contributed by atoms with van der Waals surface area (Å²) in [7, 11) is 0. The molecule has 0 spiro atoms. The van der Waals surface area contributed by atoms with E-state index in [1.165, 1.54) is 51.6 Å². The van der Waals surface area contributed by atoms with Crippen LogP contribution < -0.4 is 10.6 Å². The topological polar surface area (TPSA) is 24.1 Å². The predicted molar refractivity (Wildman–Crippen MR) is 65.1 cm³/mol. The van der Waals surface area contributed by atoms with Crippen LogP contribution in [0.2, 0.25) is 0 Å². The van der Waals surface area contributed by atoms with Gasteiger partial charge in [-0.1, -0.05) is 20.3 Å². The lowest BCUT2D eigenvalue weighted by molar-refractivity contribution is 0.155. The third kappa shape index (κ3) is 2.54. The van der Waals surface area contributed by atoms with E-state index in [0.717, 1.165) is 12.0 Å². The van der Waals surface area contributed by atoms with Gasteiger partial charge in [-0.25, -0.2) is 0 Å². The quantitative estimate of drug-likeness (QED) is 0.747. The van der Waals surface area contributed by atoms with E-state index in [4.69, 9.17) is 0 Å². The van der Waals surface area contributed by atoms with Crippen molar-refractivity contribution in [3.63, 3.8) is 0 Å². The average molecular weight is 210 g/mol. The lowest BCUT2D eigenvalue weighted by atomic mass is 9.75. The molecule has 88 valence electrons. The number of rotatable bonds is 3. The molecule has 0 radical (unpaired) electrons. The van der Waals surface area contributed by atoms with Crippen molar-refractivity contribution in [2.24, 2.45) is 5.92 Å². The van der Waals surface area contributed by atoms with Gasteiger partial charge >= 0.3 is 0 Å². The van der Waals surface area contributed by atoms with Crippen molar-refractivity contribution in [2.75, 3.05) is 13.1 Å². The van der Waals surface area contributed by atoms with Crippen LogP contribution in [0.4, 0.5) is 0 Å². The Labute approximate surface area is 94.2 Å². The van der Waals surface area contributed by atoms with Gasteiger partial charge in [0.05, 0.1) is 0 Å². The minimum atomic E-state index is 0.431. The first kappa shape index (κ1) is 11.4. The van der Waals surface area contributed by atoms with Crippen LogP contribution >= 0.6 is 0 Å². The summed E-state index contributed by atoms with van der Waals surface area (Å²) in [5.41, 5.74) is 0.431. The molecule has 2 unspecified atom stereocenters. The summed E-state index contributed by atoms with van der Waals surface area (Å²) in [5, 5.41) is 7.46. The van der Waals surface area contributed by atoms with Crippen molar-refractivity contribution in [2.45, 2.75) is 64.0 Å². The Balaban J connectivity index is 1.97. The van der Waals surface area contributed by atoms with Gasteiger partial charge in [-0.2, -0.15) is 0 Å². The zero-order valence-corrected chi connectivity index (χ0v) is 10.3. The van der Waals surface area contributed by atoms with Crippen LogP contribution in [0.15, 0.2) is 0 Å². The van der Waals surface area contributed by atoms with E-state index in [0.29, 0.717) is 5.54 Å². The summed E-state index contributed by atoms with van der Waals surface area (Å²) in [6.45, 7) is 7.23. The first-order valence-corrected chi connectivity index (χ1v) is 6.71. The fourth-order valence-corrected chi connectivity index (χ4v) is 3.26. The summed E-state index contributed by atoms with van der Waals surface area (Å²) in [6, 6.07) is 0.776. The number of piperidine rings is 1. The maximum atomic E-state index is 3.82. The third-order valence-electron chi connectivity index (χ3n) is 4.40. The molecule has 2 aliphatic heterocycles. The highest BCUT2D eigenvalue weighted by Crippen LogP contribution is 2.33. The molecule has 0 aromatic rings. The van der Waals surface area contributed by atoms with Crippen molar-refractivity contribution < 1.29 is 0 Å². The highest BCUT2D eigenvalue weighted by Gasteiger charge is 2.37. The van der Waals surface area contributed by atoms with E-state index in [1.54, 1.807) is 0 Å². The predicted octanol–water partition coefficient (Wildman–Crippen LogP) is 2.30. The summed E-state index contributed by atoms with van der Waals surface area (Å²) in [4.78, 5) is 0. The molecule has 2 N–H and O–H groups in total. The summed E-state index contributed by atoms with van der Waals surface area (Å²) in [6.07, 6.45) is 8.26. The van der Waals surface area contributed by atoms with E-state index in [-0.39, 0.29) is 0 Å². The minimum absolute atomic E-state index is 0.431. The number of hydrogen-bond donors (Lipinski definition) is 2. The van der Waals surface area contributed by atoms with Gasteiger partial charge in [0.25, 0.3) is 0 Å². The van der Waals surface area contributed by atoms with Gasteiger partial charge in [0, 0.05) is 11.6 Å². The summed E-state index contributed by atoms with van der Waals surface area (Å²) < 4.78 is 0. The monoisotopic (exact) mass is 210 g/mol. The number of hydrogen-bond acceptors (Lipinski definition) is 2. The van der Waals surface area contributed by atoms with Gasteiger partial charge in [-0.05, 0) is 51.1 Å². The van der Waals surface area contributed by atoms with Crippen LogP contribution in [-0.4, -0.2) is 24.7 Å². The lowest BCUT2D eigenvalue weighted by Gasteiger charge is -2.43. The molecule has 2 rings (SSSR count). The van der Waals surface area contributed by atoms with Crippen LogP contribution in [-0.2, 0) is 0 Å². The van der Waals surface area contributed by atoms with Crippen LogP contribution in [0.1, 0.15) is 52.4 Å².